The number of benzene rings is 3. The number of para-hydroxylation sites is 1. The van der Waals surface area contributed by atoms with Crippen molar-refractivity contribution < 1.29 is 24.2 Å². The number of nitrogens with zero attached hydrogens (tertiary/aromatic N) is 1. The van der Waals surface area contributed by atoms with Gasteiger partial charge in [0.15, 0.2) is 5.58 Å². The van der Waals surface area contributed by atoms with Crippen LogP contribution in [0.1, 0.15) is 18.4 Å². The Labute approximate surface area is 172 Å². The Morgan fingerprint density at radius 2 is 1.76 bits per heavy atom. The molecule has 1 unspecified atom stereocenters. The molecule has 0 fully saturated rings. The molecule has 4 aromatic rings. The zero-order valence-corrected chi connectivity index (χ0v) is 16.2. The normalized spacial score (nSPS) is 11.4. The first-order valence-corrected chi connectivity index (χ1v) is 9.11. The summed E-state index contributed by atoms with van der Waals surface area (Å²) in [7, 11) is 0. The van der Waals surface area contributed by atoms with Gasteiger partial charge in [-0.15, -0.1) is 0 Å². The minimum atomic E-state index is -0.841. The van der Waals surface area contributed by atoms with E-state index in [1.807, 2.05) is 36.4 Å². The lowest BCUT2D eigenvalue weighted by Gasteiger charge is -2.10. The van der Waals surface area contributed by atoms with Gasteiger partial charge in [-0.2, -0.15) is 4.98 Å². The Bertz CT molecular complexity index is 1110. The van der Waals surface area contributed by atoms with Gasteiger partial charge in [-0.3, -0.25) is 4.79 Å². The highest BCUT2D eigenvalue weighted by atomic mass is 35.5. The number of halogens is 1. The first-order chi connectivity index (χ1) is 13.9. The number of aromatic hydroxyl groups is 1. The quantitative estimate of drug-likeness (QED) is 0.437. The second kappa shape index (κ2) is 9.12. The highest BCUT2D eigenvalue weighted by Gasteiger charge is 2.14. The molecule has 7 heteroatoms. The molecule has 0 aliphatic carbocycles. The van der Waals surface area contributed by atoms with E-state index in [1.54, 1.807) is 43.3 Å². The molecule has 0 radical (unpaired) electrons. The van der Waals surface area contributed by atoms with E-state index < -0.39 is 11.9 Å². The molecule has 0 spiro atoms. The fourth-order valence-electron chi connectivity index (χ4n) is 2.50. The minimum absolute atomic E-state index is 0.331. The summed E-state index contributed by atoms with van der Waals surface area (Å²) < 4.78 is 10.5. The van der Waals surface area contributed by atoms with Gasteiger partial charge in [-0.25, -0.2) is 0 Å². The number of carbonyl (C=O) groups is 1. The van der Waals surface area contributed by atoms with Crippen LogP contribution in [-0.2, 0) is 4.79 Å². The number of fused-ring (bicyclic) bond motifs is 1. The summed E-state index contributed by atoms with van der Waals surface area (Å²) in [6.07, 6.45) is -0.331. The zero-order valence-electron chi connectivity index (χ0n) is 15.4. The average Bonchev–Trinajstić information content (AvgIpc) is 3.08. The average molecular weight is 412 g/mol. The van der Waals surface area contributed by atoms with Crippen molar-refractivity contribution in [3.63, 3.8) is 0 Å². The molecule has 2 N–H and O–H groups in total. The highest BCUT2D eigenvalue weighted by molar-refractivity contribution is 6.31. The van der Waals surface area contributed by atoms with E-state index in [1.165, 1.54) is 0 Å². The third-order valence-corrected chi connectivity index (χ3v) is 4.28. The van der Waals surface area contributed by atoms with Crippen LogP contribution < -0.4 is 4.74 Å². The molecule has 0 aliphatic heterocycles. The summed E-state index contributed by atoms with van der Waals surface area (Å²) in [5, 5.41) is 18.4. The van der Waals surface area contributed by atoms with Crippen LogP contribution in [0, 0.1) is 0 Å². The van der Waals surface area contributed by atoms with Crippen LogP contribution in [0.5, 0.6) is 17.6 Å². The molecule has 6 nitrogen and oxygen atoms in total. The maximum atomic E-state index is 10.9. The zero-order chi connectivity index (χ0) is 20.8. The molecule has 1 aromatic heterocycles. The van der Waals surface area contributed by atoms with Crippen LogP contribution in [-0.4, -0.2) is 21.2 Å². The summed E-state index contributed by atoms with van der Waals surface area (Å²) in [6, 6.07) is 21.5. The number of rotatable bonds is 4. The summed E-state index contributed by atoms with van der Waals surface area (Å²) in [5.41, 5.74) is 1.83. The molecule has 3 aromatic carbocycles. The molecule has 148 valence electrons. The smallest absolute Gasteiger partial charge is 0.392 e. The van der Waals surface area contributed by atoms with E-state index in [-0.39, 0.29) is 6.08 Å². The first kappa shape index (κ1) is 20.2. The van der Waals surface area contributed by atoms with Gasteiger partial charge in [0, 0.05) is 5.02 Å². The molecule has 0 aliphatic rings. The molecule has 4 rings (SSSR count). The van der Waals surface area contributed by atoms with Crippen molar-refractivity contribution >= 4 is 28.7 Å². The fourth-order valence-corrected chi connectivity index (χ4v) is 2.67. The van der Waals surface area contributed by atoms with Gasteiger partial charge in [-0.1, -0.05) is 41.9 Å². The fraction of sp³-hybridized carbons (Fsp3) is 0.0909. The lowest BCUT2D eigenvalue weighted by Crippen LogP contribution is -2.07. The number of ether oxygens (including phenoxy) is 1. The summed E-state index contributed by atoms with van der Waals surface area (Å²) in [5.74, 6) is 0.000567. The van der Waals surface area contributed by atoms with Crippen LogP contribution in [0.3, 0.4) is 0 Å². The number of carboxylic acid groups (broad SMARTS) is 1. The topological polar surface area (TPSA) is 92.8 Å². The van der Waals surface area contributed by atoms with Crippen molar-refractivity contribution in [1.29, 1.82) is 0 Å². The molecule has 1 heterocycles. The minimum Gasteiger partial charge on any atom is -0.481 e. The largest absolute Gasteiger partial charge is 0.481 e. The SMILES string of the molecule is CC(C(=O)O)c1cccc(Oc2ccccc2)c1.Oc1nc2cc(Cl)ccc2o1. The summed E-state index contributed by atoms with van der Waals surface area (Å²) >= 11 is 5.66. The second-order valence-electron chi connectivity index (χ2n) is 6.16. The Kier molecular flexibility index (Phi) is 6.36. The van der Waals surface area contributed by atoms with Crippen molar-refractivity contribution in [2.24, 2.45) is 0 Å². The third kappa shape index (κ3) is 5.49. The molecule has 29 heavy (non-hydrogen) atoms. The Hall–Kier alpha value is -3.51. The first-order valence-electron chi connectivity index (χ1n) is 8.73. The number of aromatic nitrogens is 1. The molecule has 0 saturated heterocycles. The molecule has 0 amide bonds. The number of carboxylic acids is 1. The van der Waals surface area contributed by atoms with Gasteiger partial charge < -0.3 is 19.4 Å². The lowest BCUT2D eigenvalue weighted by molar-refractivity contribution is -0.138. The van der Waals surface area contributed by atoms with Gasteiger partial charge in [0.2, 0.25) is 0 Å². The van der Waals surface area contributed by atoms with E-state index >= 15 is 0 Å². The van der Waals surface area contributed by atoms with E-state index in [0.29, 0.717) is 21.9 Å². The number of aliphatic carboxylic acids is 1. The molecule has 0 saturated carbocycles. The van der Waals surface area contributed by atoms with E-state index in [0.717, 1.165) is 11.3 Å². The molecule has 0 bridgehead atoms. The highest BCUT2D eigenvalue weighted by Crippen LogP contribution is 2.25. The molecular formula is C22H18ClNO5. The van der Waals surface area contributed by atoms with E-state index in [4.69, 9.17) is 31.0 Å². The van der Waals surface area contributed by atoms with Crippen LogP contribution in [0.25, 0.3) is 11.1 Å². The monoisotopic (exact) mass is 411 g/mol. The maximum Gasteiger partial charge on any atom is 0.392 e. The lowest BCUT2D eigenvalue weighted by atomic mass is 10.0. The second-order valence-corrected chi connectivity index (χ2v) is 6.59. The maximum absolute atomic E-state index is 10.9. The van der Waals surface area contributed by atoms with Crippen molar-refractivity contribution in [2.75, 3.05) is 0 Å². The van der Waals surface area contributed by atoms with Crippen molar-refractivity contribution in [2.45, 2.75) is 12.8 Å². The van der Waals surface area contributed by atoms with Crippen LogP contribution in [0.15, 0.2) is 77.2 Å². The Balaban J connectivity index is 0.000000186. The van der Waals surface area contributed by atoms with Gasteiger partial charge in [0.1, 0.15) is 17.0 Å². The standard InChI is InChI=1S/C15H14O3.C7H4ClNO2/c1-11(15(16)17)12-6-5-9-14(10-12)18-13-7-3-2-4-8-13;8-4-1-2-6-5(3-4)9-7(10)11-6/h2-11H,1H3,(H,16,17);1-3H,(H,9,10). The molecule has 1 atom stereocenters. The van der Waals surface area contributed by atoms with Gasteiger partial charge in [0.25, 0.3) is 0 Å². The van der Waals surface area contributed by atoms with Gasteiger partial charge >= 0.3 is 12.0 Å². The third-order valence-electron chi connectivity index (χ3n) is 4.05. The number of hydrogen-bond donors (Lipinski definition) is 2. The molecular weight excluding hydrogens is 394 g/mol. The number of hydrogen-bond acceptors (Lipinski definition) is 5. The van der Waals surface area contributed by atoms with Crippen molar-refractivity contribution in [3.8, 4) is 17.6 Å². The predicted octanol–water partition coefficient (Wildman–Crippen LogP) is 5.85. The van der Waals surface area contributed by atoms with Crippen LogP contribution in [0.2, 0.25) is 5.02 Å². The van der Waals surface area contributed by atoms with Crippen molar-refractivity contribution in [3.05, 3.63) is 83.4 Å². The Morgan fingerprint density at radius 1 is 1.03 bits per heavy atom. The van der Waals surface area contributed by atoms with Crippen molar-refractivity contribution in [1.82, 2.24) is 4.98 Å². The van der Waals surface area contributed by atoms with Crippen LogP contribution in [0.4, 0.5) is 0 Å². The van der Waals surface area contributed by atoms with E-state index in [2.05, 4.69) is 4.98 Å². The number of oxazole rings is 1. The van der Waals surface area contributed by atoms with Crippen LogP contribution >= 0.6 is 11.6 Å². The summed E-state index contributed by atoms with van der Waals surface area (Å²) in [6.45, 7) is 1.66. The Morgan fingerprint density at radius 3 is 2.48 bits per heavy atom. The van der Waals surface area contributed by atoms with Gasteiger partial charge in [-0.05, 0) is 55.0 Å². The van der Waals surface area contributed by atoms with E-state index in [9.17, 15) is 4.79 Å². The summed E-state index contributed by atoms with van der Waals surface area (Å²) in [4.78, 5) is 14.6. The van der Waals surface area contributed by atoms with Gasteiger partial charge in [0.05, 0.1) is 5.92 Å². The predicted molar refractivity (Wildman–Crippen MR) is 110 cm³/mol.